The van der Waals surface area contributed by atoms with E-state index in [0.717, 1.165) is 23.2 Å². The highest BCUT2D eigenvalue weighted by molar-refractivity contribution is 7.17. The Morgan fingerprint density at radius 1 is 1.04 bits per heavy atom. The molecular weight excluding hydrogens is 364 g/mol. The number of aromatic nitrogens is 1. The molecule has 3 nitrogen and oxygen atoms in total. The van der Waals surface area contributed by atoms with E-state index in [9.17, 15) is 4.79 Å². The molecule has 0 saturated heterocycles. The van der Waals surface area contributed by atoms with Gasteiger partial charge in [0.1, 0.15) is 5.69 Å². The largest absolute Gasteiger partial charge is 0.335 e. The van der Waals surface area contributed by atoms with Crippen molar-refractivity contribution >= 4 is 44.7 Å². The maximum Gasteiger partial charge on any atom is 0.272 e. The maximum absolute atomic E-state index is 12.9. The van der Waals surface area contributed by atoms with Gasteiger partial charge < -0.3 is 9.88 Å². The van der Waals surface area contributed by atoms with Crippen LogP contribution < -0.4 is 5.32 Å². The van der Waals surface area contributed by atoms with Crippen molar-refractivity contribution in [1.29, 1.82) is 0 Å². The summed E-state index contributed by atoms with van der Waals surface area (Å²) in [6, 6.07) is 21.6. The Hall–Kier alpha value is -2.56. The predicted molar refractivity (Wildman–Crippen MR) is 109 cm³/mol. The number of anilines is 1. The first-order valence-corrected chi connectivity index (χ1v) is 9.64. The zero-order valence-electron chi connectivity index (χ0n) is 14.0. The van der Waals surface area contributed by atoms with Gasteiger partial charge in [-0.15, -0.1) is 11.3 Å². The van der Waals surface area contributed by atoms with E-state index in [1.54, 1.807) is 23.5 Å². The van der Waals surface area contributed by atoms with E-state index in [1.807, 2.05) is 36.4 Å². The van der Waals surface area contributed by atoms with E-state index in [2.05, 4.69) is 33.5 Å². The smallest absolute Gasteiger partial charge is 0.272 e. The molecule has 2 aromatic carbocycles. The van der Waals surface area contributed by atoms with Crippen molar-refractivity contribution in [2.75, 3.05) is 5.32 Å². The summed E-state index contributed by atoms with van der Waals surface area (Å²) < 4.78 is 3.20. The van der Waals surface area contributed by atoms with Crippen LogP contribution in [0.1, 0.15) is 16.1 Å². The lowest BCUT2D eigenvalue weighted by atomic mass is 10.1. The number of hydrogen-bond acceptors (Lipinski definition) is 2. The molecule has 2 heterocycles. The van der Waals surface area contributed by atoms with Crippen molar-refractivity contribution in [2.45, 2.75) is 13.0 Å². The van der Waals surface area contributed by atoms with Crippen LogP contribution in [-0.4, -0.2) is 10.5 Å². The highest BCUT2D eigenvalue weighted by atomic mass is 35.5. The van der Waals surface area contributed by atoms with E-state index < -0.39 is 0 Å². The molecule has 0 aliphatic heterocycles. The molecule has 4 rings (SSSR count). The van der Waals surface area contributed by atoms with E-state index in [4.69, 9.17) is 11.6 Å². The van der Waals surface area contributed by atoms with Gasteiger partial charge in [-0.2, -0.15) is 0 Å². The van der Waals surface area contributed by atoms with Gasteiger partial charge in [0.05, 0.1) is 20.9 Å². The number of fused-ring (bicyclic) bond motifs is 1. The van der Waals surface area contributed by atoms with Crippen LogP contribution in [0.5, 0.6) is 0 Å². The van der Waals surface area contributed by atoms with Gasteiger partial charge in [-0.1, -0.05) is 54.1 Å². The fraction of sp³-hybridized carbons (Fsp3) is 0.0952. The summed E-state index contributed by atoms with van der Waals surface area (Å²) in [5.41, 5.74) is 3.62. The van der Waals surface area contributed by atoms with Crippen molar-refractivity contribution in [1.82, 2.24) is 4.57 Å². The first kappa shape index (κ1) is 16.9. The Labute approximate surface area is 160 Å². The summed E-state index contributed by atoms with van der Waals surface area (Å²) in [6.45, 7) is 0.746. The highest BCUT2D eigenvalue weighted by Crippen LogP contribution is 2.27. The zero-order chi connectivity index (χ0) is 17.9. The van der Waals surface area contributed by atoms with Gasteiger partial charge in [-0.3, -0.25) is 4.79 Å². The molecule has 1 amide bonds. The molecule has 5 heteroatoms. The number of hydrogen-bond donors (Lipinski definition) is 1. The SMILES string of the molecule is O=C(Nc1ccccc1Cl)c1cc2sccc2n1CCc1ccccc1. The fourth-order valence-corrected chi connectivity index (χ4v) is 4.05. The number of carbonyl (C=O) groups excluding carboxylic acids is 1. The predicted octanol–water partition coefficient (Wildman–Crippen LogP) is 5.85. The fourth-order valence-electron chi connectivity index (χ4n) is 3.04. The number of thiophene rings is 1. The van der Waals surface area contributed by atoms with Gasteiger partial charge in [0.25, 0.3) is 5.91 Å². The Bertz CT molecular complexity index is 1050. The topological polar surface area (TPSA) is 34.0 Å². The second-order valence-electron chi connectivity index (χ2n) is 6.02. The third-order valence-corrected chi connectivity index (χ3v) is 5.53. The standard InChI is InChI=1S/C21H17ClN2OS/c22-16-8-4-5-9-17(16)23-21(25)19-14-20-18(11-13-26-20)24(19)12-10-15-6-2-1-3-7-15/h1-9,11,13-14H,10,12H2,(H,23,25). The summed E-state index contributed by atoms with van der Waals surface area (Å²) in [4.78, 5) is 12.9. The monoisotopic (exact) mass is 380 g/mol. The molecule has 0 fully saturated rings. The second kappa shape index (κ2) is 7.36. The normalized spacial score (nSPS) is 11.0. The Kier molecular flexibility index (Phi) is 4.78. The van der Waals surface area contributed by atoms with Crippen molar-refractivity contribution in [3.63, 3.8) is 0 Å². The third kappa shape index (κ3) is 3.39. The molecule has 2 aromatic heterocycles. The quantitative estimate of drug-likeness (QED) is 0.463. The number of rotatable bonds is 5. The Morgan fingerprint density at radius 2 is 1.81 bits per heavy atom. The summed E-state index contributed by atoms with van der Waals surface area (Å²) in [5.74, 6) is -0.144. The van der Waals surface area contributed by atoms with Crippen LogP contribution in [0.15, 0.2) is 72.1 Å². The number of nitrogens with zero attached hydrogens (tertiary/aromatic N) is 1. The molecule has 4 aromatic rings. The average molecular weight is 381 g/mol. The lowest BCUT2D eigenvalue weighted by Gasteiger charge is -2.12. The number of halogens is 1. The van der Waals surface area contributed by atoms with Crippen molar-refractivity contribution in [2.24, 2.45) is 0 Å². The molecule has 0 spiro atoms. The summed E-state index contributed by atoms with van der Waals surface area (Å²) in [7, 11) is 0. The van der Waals surface area contributed by atoms with Gasteiger partial charge in [0.2, 0.25) is 0 Å². The van der Waals surface area contributed by atoms with E-state index in [1.165, 1.54) is 5.56 Å². The van der Waals surface area contributed by atoms with Crippen LogP contribution >= 0.6 is 22.9 Å². The van der Waals surface area contributed by atoms with Crippen molar-refractivity contribution in [3.05, 3.63) is 88.4 Å². The zero-order valence-corrected chi connectivity index (χ0v) is 15.6. The molecular formula is C21H17ClN2OS. The molecule has 0 aliphatic carbocycles. The molecule has 130 valence electrons. The molecule has 0 unspecified atom stereocenters. The van der Waals surface area contributed by atoms with Gasteiger partial charge in [-0.25, -0.2) is 0 Å². The second-order valence-corrected chi connectivity index (χ2v) is 7.38. The summed E-state index contributed by atoms with van der Waals surface area (Å²) in [5, 5.41) is 5.52. The Balaban J connectivity index is 1.63. The maximum atomic E-state index is 12.9. The van der Waals surface area contributed by atoms with Crippen LogP contribution in [0.3, 0.4) is 0 Å². The number of para-hydroxylation sites is 1. The van der Waals surface area contributed by atoms with E-state index in [-0.39, 0.29) is 5.91 Å². The van der Waals surface area contributed by atoms with Gasteiger partial charge in [0, 0.05) is 6.54 Å². The Morgan fingerprint density at radius 3 is 2.62 bits per heavy atom. The minimum Gasteiger partial charge on any atom is -0.335 e. The molecule has 1 N–H and O–H groups in total. The van der Waals surface area contributed by atoms with Crippen LogP contribution in [0.4, 0.5) is 5.69 Å². The number of benzene rings is 2. The highest BCUT2D eigenvalue weighted by Gasteiger charge is 2.17. The van der Waals surface area contributed by atoms with E-state index in [0.29, 0.717) is 16.4 Å². The van der Waals surface area contributed by atoms with Gasteiger partial charge in [-0.05, 0) is 41.6 Å². The molecule has 0 aliphatic rings. The molecule has 26 heavy (non-hydrogen) atoms. The average Bonchev–Trinajstić information content (AvgIpc) is 3.24. The van der Waals surface area contributed by atoms with Crippen LogP contribution in [0, 0.1) is 0 Å². The molecule has 0 bridgehead atoms. The first-order chi connectivity index (χ1) is 12.7. The lowest BCUT2D eigenvalue weighted by Crippen LogP contribution is -2.18. The van der Waals surface area contributed by atoms with Crippen LogP contribution in [0.25, 0.3) is 10.2 Å². The van der Waals surface area contributed by atoms with Gasteiger partial charge >= 0.3 is 0 Å². The third-order valence-electron chi connectivity index (χ3n) is 4.34. The van der Waals surface area contributed by atoms with E-state index >= 15 is 0 Å². The minimum absolute atomic E-state index is 0.144. The van der Waals surface area contributed by atoms with Gasteiger partial charge in [0.15, 0.2) is 0 Å². The van der Waals surface area contributed by atoms with Crippen LogP contribution in [-0.2, 0) is 13.0 Å². The van der Waals surface area contributed by atoms with Crippen molar-refractivity contribution in [3.8, 4) is 0 Å². The number of amides is 1. The minimum atomic E-state index is -0.144. The number of nitrogens with one attached hydrogen (secondary N) is 1. The van der Waals surface area contributed by atoms with Crippen LogP contribution in [0.2, 0.25) is 5.02 Å². The lowest BCUT2D eigenvalue weighted by molar-refractivity contribution is 0.101. The summed E-state index contributed by atoms with van der Waals surface area (Å²) >= 11 is 7.82. The first-order valence-electron chi connectivity index (χ1n) is 8.39. The summed E-state index contributed by atoms with van der Waals surface area (Å²) in [6.07, 6.45) is 0.868. The number of carbonyl (C=O) groups is 1. The molecule has 0 radical (unpaired) electrons. The molecule has 0 saturated carbocycles. The molecule has 0 atom stereocenters. The van der Waals surface area contributed by atoms with Crippen molar-refractivity contribution < 1.29 is 4.79 Å². The number of aryl methyl sites for hydroxylation is 2.